The van der Waals surface area contributed by atoms with E-state index in [1.807, 2.05) is 6.07 Å². The third kappa shape index (κ3) is 3.34. The highest BCUT2D eigenvalue weighted by Crippen LogP contribution is 2.13. The maximum absolute atomic E-state index is 12.0. The molecule has 1 N–H and O–H groups in total. The molecule has 6 heteroatoms. The number of amides is 1. The molecule has 21 heavy (non-hydrogen) atoms. The van der Waals surface area contributed by atoms with Crippen LogP contribution in [0.15, 0.2) is 35.1 Å². The van der Waals surface area contributed by atoms with Crippen molar-refractivity contribution < 1.29 is 4.79 Å². The highest BCUT2D eigenvalue weighted by atomic mass is 16.2. The van der Waals surface area contributed by atoms with Gasteiger partial charge in [0.2, 0.25) is 5.91 Å². The highest BCUT2D eigenvalue weighted by Gasteiger charge is 2.10. The number of anilines is 1. The van der Waals surface area contributed by atoms with E-state index in [1.165, 1.54) is 10.6 Å². The molecule has 106 valence electrons. The van der Waals surface area contributed by atoms with Crippen LogP contribution in [-0.4, -0.2) is 15.5 Å². The molecule has 0 saturated carbocycles. The predicted molar refractivity (Wildman–Crippen MR) is 77.8 cm³/mol. The normalized spacial score (nSPS) is 9.95. The summed E-state index contributed by atoms with van der Waals surface area (Å²) in [4.78, 5) is 28.1. The molecule has 0 bridgehead atoms. The molecule has 1 aromatic heterocycles. The standard InChI is InChI=1S/C15H14N4O2/c1-10-7-15(21)19(11(2)17-10)9-14(20)18-13-6-4-3-5-12(13)8-16/h3-7H,9H2,1-2H3,(H,18,20). The average molecular weight is 282 g/mol. The van der Waals surface area contributed by atoms with Gasteiger partial charge in [-0.1, -0.05) is 12.1 Å². The van der Waals surface area contributed by atoms with Gasteiger partial charge in [-0.15, -0.1) is 0 Å². The Bertz CT molecular complexity index is 787. The zero-order chi connectivity index (χ0) is 15.4. The number of nitrogens with zero attached hydrogens (tertiary/aromatic N) is 3. The van der Waals surface area contributed by atoms with Gasteiger partial charge in [0.1, 0.15) is 18.4 Å². The number of benzene rings is 1. The lowest BCUT2D eigenvalue weighted by molar-refractivity contribution is -0.116. The van der Waals surface area contributed by atoms with E-state index in [1.54, 1.807) is 38.1 Å². The van der Waals surface area contributed by atoms with Crippen LogP contribution in [0.5, 0.6) is 0 Å². The Morgan fingerprint density at radius 2 is 2.10 bits per heavy atom. The summed E-state index contributed by atoms with van der Waals surface area (Å²) in [6.45, 7) is 3.25. The molecule has 0 spiro atoms. The molecule has 6 nitrogen and oxygen atoms in total. The van der Waals surface area contributed by atoms with Gasteiger partial charge in [-0.3, -0.25) is 14.2 Å². The number of para-hydroxylation sites is 1. The predicted octanol–water partition coefficient (Wildman–Crippen LogP) is 1.37. The second kappa shape index (κ2) is 6.01. The Morgan fingerprint density at radius 3 is 2.76 bits per heavy atom. The SMILES string of the molecule is Cc1cc(=O)n(CC(=O)Nc2ccccc2C#N)c(C)n1. The molecular weight excluding hydrogens is 268 g/mol. The molecule has 0 saturated heterocycles. The van der Waals surface area contributed by atoms with Crippen LogP contribution in [0.2, 0.25) is 0 Å². The third-order valence-electron chi connectivity index (χ3n) is 2.95. The van der Waals surface area contributed by atoms with Gasteiger partial charge in [-0.2, -0.15) is 5.26 Å². The molecule has 2 rings (SSSR count). The van der Waals surface area contributed by atoms with Crippen LogP contribution < -0.4 is 10.9 Å². The Kier molecular flexibility index (Phi) is 4.14. The van der Waals surface area contributed by atoms with Gasteiger partial charge in [-0.25, -0.2) is 4.98 Å². The number of rotatable bonds is 3. The fraction of sp³-hybridized carbons (Fsp3) is 0.200. The van der Waals surface area contributed by atoms with Crippen LogP contribution in [0.4, 0.5) is 5.69 Å². The average Bonchev–Trinajstić information content (AvgIpc) is 2.43. The number of aryl methyl sites for hydroxylation is 2. The molecule has 0 unspecified atom stereocenters. The van der Waals surface area contributed by atoms with Gasteiger partial charge < -0.3 is 5.32 Å². The number of nitriles is 1. The van der Waals surface area contributed by atoms with E-state index >= 15 is 0 Å². The Labute approximate surface area is 121 Å². The largest absolute Gasteiger partial charge is 0.323 e. The summed E-state index contributed by atoms with van der Waals surface area (Å²) >= 11 is 0. The fourth-order valence-electron chi connectivity index (χ4n) is 1.98. The summed E-state index contributed by atoms with van der Waals surface area (Å²) in [7, 11) is 0. The first-order valence-electron chi connectivity index (χ1n) is 6.35. The first-order chi connectivity index (χ1) is 10.0. The lowest BCUT2D eigenvalue weighted by Crippen LogP contribution is -2.30. The van der Waals surface area contributed by atoms with Crippen molar-refractivity contribution in [2.45, 2.75) is 20.4 Å². The van der Waals surface area contributed by atoms with Gasteiger partial charge in [0.25, 0.3) is 5.56 Å². The van der Waals surface area contributed by atoms with Crippen LogP contribution >= 0.6 is 0 Å². The molecule has 0 fully saturated rings. The molecule has 1 aromatic carbocycles. The van der Waals surface area contributed by atoms with Crippen molar-refractivity contribution in [3.63, 3.8) is 0 Å². The summed E-state index contributed by atoms with van der Waals surface area (Å²) in [6, 6.07) is 10.1. The maximum Gasteiger partial charge on any atom is 0.254 e. The van der Waals surface area contributed by atoms with Crippen LogP contribution in [0.1, 0.15) is 17.1 Å². The van der Waals surface area contributed by atoms with Gasteiger partial charge in [0.15, 0.2) is 0 Å². The van der Waals surface area contributed by atoms with Crippen LogP contribution in [0.3, 0.4) is 0 Å². The number of carbonyl (C=O) groups excluding carboxylic acids is 1. The second-order valence-electron chi connectivity index (χ2n) is 4.57. The van der Waals surface area contributed by atoms with Crippen molar-refractivity contribution in [1.82, 2.24) is 9.55 Å². The lowest BCUT2D eigenvalue weighted by Gasteiger charge is -2.10. The number of hydrogen-bond donors (Lipinski definition) is 1. The van der Waals surface area contributed by atoms with Crippen molar-refractivity contribution in [2.75, 3.05) is 5.32 Å². The number of nitrogens with one attached hydrogen (secondary N) is 1. The molecule has 0 aliphatic heterocycles. The van der Waals surface area contributed by atoms with Crippen LogP contribution in [0.25, 0.3) is 0 Å². The smallest absolute Gasteiger partial charge is 0.254 e. The van der Waals surface area contributed by atoms with Crippen molar-refractivity contribution in [3.8, 4) is 6.07 Å². The second-order valence-corrected chi connectivity index (χ2v) is 4.57. The van der Waals surface area contributed by atoms with Crippen molar-refractivity contribution in [1.29, 1.82) is 5.26 Å². The van der Waals surface area contributed by atoms with Crippen LogP contribution in [-0.2, 0) is 11.3 Å². The summed E-state index contributed by atoms with van der Waals surface area (Å²) in [5, 5.41) is 11.6. The lowest BCUT2D eigenvalue weighted by atomic mass is 10.2. The van der Waals surface area contributed by atoms with E-state index < -0.39 is 0 Å². The molecule has 1 amide bonds. The van der Waals surface area contributed by atoms with E-state index in [2.05, 4.69) is 10.3 Å². The molecule has 0 aliphatic carbocycles. The molecule has 2 aromatic rings. The topological polar surface area (TPSA) is 87.8 Å². The zero-order valence-corrected chi connectivity index (χ0v) is 11.8. The monoisotopic (exact) mass is 282 g/mol. The summed E-state index contributed by atoms with van der Waals surface area (Å²) < 4.78 is 1.29. The molecular formula is C15H14N4O2. The Balaban J connectivity index is 2.20. The highest BCUT2D eigenvalue weighted by molar-refractivity contribution is 5.91. The van der Waals surface area contributed by atoms with E-state index in [0.717, 1.165) is 0 Å². The zero-order valence-electron chi connectivity index (χ0n) is 11.8. The molecule has 1 heterocycles. The minimum atomic E-state index is -0.381. The van der Waals surface area contributed by atoms with Gasteiger partial charge >= 0.3 is 0 Å². The quantitative estimate of drug-likeness (QED) is 0.921. The van der Waals surface area contributed by atoms with Crippen molar-refractivity contribution >= 4 is 11.6 Å². The minimum absolute atomic E-state index is 0.141. The molecule has 0 aliphatic rings. The van der Waals surface area contributed by atoms with Crippen molar-refractivity contribution in [3.05, 3.63) is 57.8 Å². The van der Waals surface area contributed by atoms with Crippen molar-refractivity contribution in [2.24, 2.45) is 0 Å². The number of carbonyl (C=O) groups is 1. The molecule has 0 radical (unpaired) electrons. The first-order valence-corrected chi connectivity index (χ1v) is 6.35. The number of hydrogen-bond acceptors (Lipinski definition) is 4. The Morgan fingerprint density at radius 1 is 1.38 bits per heavy atom. The van der Waals surface area contributed by atoms with E-state index in [-0.39, 0.29) is 18.0 Å². The summed E-state index contributed by atoms with van der Waals surface area (Å²) in [5.41, 5.74) is 1.14. The van der Waals surface area contributed by atoms with E-state index in [0.29, 0.717) is 22.8 Å². The summed E-state index contributed by atoms with van der Waals surface area (Å²) in [5.74, 6) is 0.0947. The van der Waals surface area contributed by atoms with Crippen LogP contribution in [0, 0.1) is 25.2 Å². The summed E-state index contributed by atoms with van der Waals surface area (Å²) in [6.07, 6.45) is 0. The molecule has 0 atom stereocenters. The third-order valence-corrected chi connectivity index (χ3v) is 2.95. The first kappa shape index (κ1) is 14.5. The Hall–Kier alpha value is -2.94. The van der Waals surface area contributed by atoms with E-state index in [4.69, 9.17) is 5.26 Å². The van der Waals surface area contributed by atoms with E-state index in [9.17, 15) is 9.59 Å². The number of aromatic nitrogens is 2. The fourth-order valence-corrected chi connectivity index (χ4v) is 1.98. The van der Waals surface area contributed by atoms with Gasteiger partial charge in [0.05, 0.1) is 11.3 Å². The minimum Gasteiger partial charge on any atom is -0.323 e. The van der Waals surface area contributed by atoms with Gasteiger partial charge in [-0.05, 0) is 26.0 Å². The van der Waals surface area contributed by atoms with Gasteiger partial charge in [0, 0.05) is 11.8 Å². The maximum atomic E-state index is 12.0.